The van der Waals surface area contributed by atoms with E-state index in [0.717, 1.165) is 11.8 Å². The Morgan fingerprint density at radius 3 is 1.54 bits per heavy atom. The SMILES string of the molecule is C#[N+]C(C)C(C)C(C)C(C)C(C)C. The molecule has 0 aliphatic heterocycles. The van der Waals surface area contributed by atoms with E-state index < -0.39 is 0 Å². The van der Waals surface area contributed by atoms with Crippen LogP contribution in [0.25, 0.3) is 4.85 Å². The molecule has 0 N–H and O–H groups in total. The van der Waals surface area contributed by atoms with E-state index in [1.54, 1.807) is 0 Å². The van der Waals surface area contributed by atoms with Crippen LogP contribution >= 0.6 is 0 Å². The molecular weight excluding hydrogens is 158 g/mol. The monoisotopic (exact) mass is 182 g/mol. The van der Waals surface area contributed by atoms with Gasteiger partial charge in [0.15, 0.2) is 0 Å². The molecule has 4 unspecified atom stereocenters. The smallest absolute Gasteiger partial charge is 0.0837 e. The van der Waals surface area contributed by atoms with Crippen LogP contribution in [-0.2, 0) is 0 Å². The molecule has 13 heavy (non-hydrogen) atoms. The largest absolute Gasteiger partial charge is 0.272 e. The van der Waals surface area contributed by atoms with E-state index in [4.69, 9.17) is 6.57 Å². The first kappa shape index (κ1) is 12.5. The van der Waals surface area contributed by atoms with Gasteiger partial charge in [0, 0.05) is 12.8 Å². The van der Waals surface area contributed by atoms with E-state index >= 15 is 0 Å². The highest BCUT2D eigenvalue weighted by atomic mass is 14.7. The summed E-state index contributed by atoms with van der Waals surface area (Å²) in [6.45, 7) is 18.8. The Hall–Kier alpha value is -0.510. The topological polar surface area (TPSA) is 4.36 Å². The third-order valence-electron chi connectivity index (χ3n) is 3.71. The summed E-state index contributed by atoms with van der Waals surface area (Å²) in [5, 5.41) is 0. The summed E-state index contributed by atoms with van der Waals surface area (Å²) in [7, 11) is 0. The lowest BCUT2D eigenvalue weighted by molar-refractivity contribution is 0.214. The summed E-state index contributed by atoms with van der Waals surface area (Å²) in [6, 6.07) is 0.274. The van der Waals surface area contributed by atoms with Crippen LogP contribution in [0.15, 0.2) is 0 Å². The molecule has 0 rings (SSSR count). The summed E-state index contributed by atoms with van der Waals surface area (Å²) in [5.41, 5.74) is 0. The second kappa shape index (κ2) is 5.27. The van der Waals surface area contributed by atoms with Crippen molar-refractivity contribution < 1.29 is 0 Å². The molecule has 4 atom stereocenters. The van der Waals surface area contributed by atoms with Gasteiger partial charge in [-0.15, -0.1) is 0 Å². The predicted molar refractivity (Wildman–Crippen MR) is 60.1 cm³/mol. The summed E-state index contributed by atoms with van der Waals surface area (Å²) in [4.78, 5) is 3.85. The highest BCUT2D eigenvalue weighted by Gasteiger charge is 2.29. The quantitative estimate of drug-likeness (QED) is 0.621. The van der Waals surface area contributed by atoms with Gasteiger partial charge in [-0.25, -0.2) is 0 Å². The van der Waals surface area contributed by atoms with Crippen LogP contribution < -0.4 is 0 Å². The Bertz CT molecular complexity index is 178. The van der Waals surface area contributed by atoms with Crippen LogP contribution in [0, 0.1) is 30.2 Å². The zero-order valence-electron chi connectivity index (χ0n) is 9.91. The summed E-state index contributed by atoms with van der Waals surface area (Å²) in [5.74, 6) is 2.73. The molecule has 0 aliphatic rings. The Kier molecular flexibility index (Phi) is 5.06. The molecule has 0 saturated carbocycles. The molecule has 0 aliphatic carbocycles. The molecular formula is C12H24N+. The Balaban J connectivity index is 4.26. The van der Waals surface area contributed by atoms with Crippen LogP contribution in [0.1, 0.15) is 41.5 Å². The molecule has 1 nitrogen and oxygen atoms in total. The lowest BCUT2D eigenvalue weighted by Crippen LogP contribution is -2.26. The number of nitrogens with zero attached hydrogens (tertiary/aromatic N) is 1. The fourth-order valence-electron chi connectivity index (χ4n) is 1.66. The van der Waals surface area contributed by atoms with Crippen molar-refractivity contribution in [2.24, 2.45) is 23.7 Å². The molecule has 0 spiro atoms. The lowest BCUT2D eigenvalue weighted by Gasteiger charge is -2.27. The van der Waals surface area contributed by atoms with Gasteiger partial charge in [-0.2, -0.15) is 0 Å². The van der Waals surface area contributed by atoms with Gasteiger partial charge in [0.25, 0.3) is 12.6 Å². The number of rotatable bonds is 4. The van der Waals surface area contributed by atoms with Crippen LogP contribution in [0.3, 0.4) is 0 Å². The molecule has 0 heterocycles. The highest BCUT2D eigenvalue weighted by Crippen LogP contribution is 2.29. The molecule has 0 radical (unpaired) electrons. The molecule has 0 aromatic rings. The summed E-state index contributed by atoms with van der Waals surface area (Å²) >= 11 is 0. The van der Waals surface area contributed by atoms with Gasteiger partial charge in [0.2, 0.25) is 0 Å². The standard InChI is InChI=1S/C12H24N/c1-8(2)9(3)10(4)11(5)12(6)13-7/h7-12H,1-6H3/q+1. The number of hydrogen-bond donors (Lipinski definition) is 0. The maximum Gasteiger partial charge on any atom is 0.272 e. The predicted octanol–water partition coefficient (Wildman–Crippen LogP) is 3.90. The molecule has 1 heteroatoms. The summed E-state index contributed by atoms with van der Waals surface area (Å²) in [6.07, 6.45) is 0. The van der Waals surface area contributed by atoms with Gasteiger partial charge in [-0.05, 0) is 17.8 Å². The maximum absolute atomic E-state index is 5.31. The molecule has 0 aromatic carbocycles. The van der Waals surface area contributed by atoms with Crippen molar-refractivity contribution in [3.8, 4) is 6.57 Å². The van der Waals surface area contributed by atoms with Crippen molar-refractivity contribution in [1.29, 1.82) is 0 Å². The minimum atomic E-state index is 0.274. The van der Waals surface area contributed by atoms with Crippen molar-refractivity contribution in [3.63, 3.8) is 0 Å². The van der Waals surface area contributed by atoms with Crippen molar-refractivity contribution in [2.45, 2.75) is 47.6 Å². The van der Waals surface area contributed by atoms with Crippen LogP contribution in [0.5, 0.6) is 0 Å². The first-order chi connectivity index (χ1) is 5.91. The van der Waals surface area contributed by atoms with E-state index in [0.29, 0.717) is 11.8 Å². The molecule has 0 saturated heterocycles. The van der Waals surface area contributed by atoms with E-state index in [-0.39, 0.29) is 6.04 Å². The van der Waals surface area contributed by atoms with Gasteiger partial charge >= 0.3 is 0 Å². The minimum absolute atomic E-state index is 0.274. The van der Waals surface area contributed by atoms with Crippen LogP contribution in [-0.4, -0.2) is 6.04 Å². The van der Waals surface area contributed by atoms with Crippen molar-refractivity contribution >= 4 is 0 Å². The Labute approximate surface area is 83.4 Å². The van der Waals surface area contributed by atoms with E-state index in [1.165, 1.54) is 0 Å². The van der Waals surface area contributed by atoms with Crippen LogP contribution in [0.2, 0.25) is 0 Å². The van der Waals surface area contributed by atoms with Gasteiger partial charge in [0.05, 0.1) is 0 Å². The third kappa shape index (κ3) is 3.38. The average Bonchev–Trinajstić information content (AvgIpc) is 2.12. The molecule has 0 bridgehead atoms. The van der Waals surface area contributed by atoms with E-state index in [9.17, 15) is 0 Å². The van der Waals surface area contributed by atoms with Gasteiger partial charge in [-0.1, -0.05) is 39.5 Å². The maximum atomic E-state index is 5.31. The van der Waals surface area contributed by atoms with Crippen molar-refractivity contribution in [2.75, 3.05) is 0 Å². The lowest BCUT2D eigenvalue weighted by atomic mass is 9.77. The summed E-state index contributed by atoms with van der Waals surface area (Å²) < 4.78 is 0. The zero-order chi connectivity index (χ0) is 10.6. The fraction of sp³-hybridized carbons (Fsp3) is 0.917. The van der Waals surface area contributed by atoms with E-state index in [2.05, 4.69) is 46.4 Å². The van der Waals surface area contributed by atoms with Crippen molar-refractivity contribution in [3.05, 3.63) is 4.85 Å². The third-order valence-corrected chi connectivity index (χ3v) is 3.71. The van der Waals surface area contributed by atoms with Gasteiger partial charge in [-0.3, -0.25) is 0 Å². The first-order valence-electron chi connectivity index (χ1n) is 5.31. The number of hydrogen-bond acceptors (Lipinski definition) is 0. The zero-order valence-corrected chi connectivity index (χ0v) is 9.91. The normalized spacial score (nSPS) is 20.5. The fourth-order valence-corrected chi connectivity index (χ4v) is 1.66. The second-order valence-electron chi connectivity index (χ2n) is 4.71. The molecule has 0 amide bonds. The van der Waals surface area contributed by atoms with Crippen molar-refractivity contribution in [1.82, 2.24) is 0 Å². The Morgan fingerprint density at radius 2 is 1.23 bits per heavy atom. The highest BCUT2D eigenvalue weighted by molar-refractivity contribution is 4.86. The molecule has 76 valence electrons. The molecule has 0 fully saturated rings. The van der Waals surface area contributed by atoms with Gasteiger partial charge < -0.3 is 0 Å². The first-order valence-corrected chi connectivity index (χ1v) is 5.31. The minimum Gasteiger partial charge on any atom is -0.0837 e. The Morgan fingerprint density at radius 1 is 0.769 bits per heavy atom. The second-order valence-corrected chi connectivity index (χ2v) is 4.71. The van der Waals surface area contributed by atoms with Crippen LogP contribution in [0.4, 0.5) is 0 Å². The van der Waals surface area contributed by atoms with Gasteiger partial charge in [0.1, 0.15) is 0 Å². The average molecular weight is 182 g/mol. The van der Waals surface area contributed by atoms with E-state index in [1.807, 2.05) is 0 Å². The molecule has 0 aromatic heterocycles.